The lowest BCUT2D eigenvalue weighted by atomic mass is 10.3. The van der Waals surface area contributed by atoms with Crippen LogP contribution in [0.2, 0.25) is 0 Å². The highest BCUT2D eigenvalue weighted by atomic mass is 32.2. The highest BCUT2D eigenvalue weighted by Crippen LogP contribution is 2.31. The Morgan fingerprint density at radius 3 is 2.74 bits per heavy atom. The number of nitrogens with zero attached hydrogens (tertiary/aromatic N) is 4. The quantitative estimate of drug-likeness (QED) is 0.783. The fourth-order valence-electron chi connectivity index (χ4n) is 2.30. The fourth-order valence-corrected chi connectivity index (χ4v) is 4.39. The second kappa shape index (κ2) is 8.24. The number of carboxylic acid groups (broad SMARTS) is 1. The predicted molar refractivity (Wildman–Crippen MR) is 107 cm³/mol. The molecule has 0 radical (unpaired) electrons. The molecule has 27 heavy (non-hydrogen) atoms. The predicted octanol–water partition coefficient (Wildman–Crippen LogP) is 2.24. The van der Waals surface area contributed by atoms with Crippen LogP contribution in [0.5, 0.6) is 5.75 Å². The summed E-state index contributed by atoms with van der Waals surface area (Å²) in [5, 5.41) is 10.4. The van der Waals surface area contributed by atoms with E-state index in [0.717, 1.165) is 16.8 Å². The lowest BCUT2D eigenvalue weighted by Crippen LogP contribution is -2.35. The molecule has 10 heteroatoms. The van der Waals surface area contributed by atoms with Gasteiger partial charge in [-0.25, -0.2) is 14.6 Å². The number of carbonyl (C=O) groups is 2. The van der Waals surface area contributed by atoms with Gasteiger partial charge in [-0.2, -0.15) is 0 Å². The number of benzene rings is 1. The van der Waals surface area contributed by atoms with E-state index < -0.39 is 18.1 Å². The van der Waals surface area contributed by atoms with E-state index in [4.69, 9.17) is 9.84 Å². The number of likely N-dealkylation sites (N-methyl/N-ethyl adjacent to an activating group) is 2. The molecule has 1 N–H and O–H groups in total. The Bertz CT molecular complexity index is 896. The molecule has 8 nitrogen and oxygen atoms in total. The molecule has 1 aromatic carbocycles. The summed E-state index contributed by atoms with van der Waals surface area (Å²) in [6.07, 6.45) is -0.416. The topological polar surface area (TPSA) is 95.3 Å². The Kier molecular flexibility index (Phi) is 5.98. The normalized spacial score (nSPS) is 16.6. The number of aromatic nitrogens is 1. The van der Waals surface area contributed by atoms with Crippen LogP contribution in [0.25, 0.3) is 10.2 Å². The molecule has 0 saturated heterocycles. The van der Waals surface area contributed by atoms with E-state index in [2.05, 4.69) is 9.98 Å². The lowest BCUT2D eigenvalue weighted by Gasteiger charge is -2.19. The van der Waals surface area contributed by atoms with E-state index in [1.165, 1.54) is 28.0 Å². The van der Waals surface area contributed by atoms with Crippen LogP contribution in [0.1, 0.15) is 5.01 Å². The third-order valence-corrected chi connectivity index (χ3v) is 6.09. The largest absolute Gasteiger partial charge is 0.480 e. The van der Waals surface area contributed by atoms with Gasteiger partial charge < -0.3 is 19.6 Å². The summed E-state index contributed by atoms with van der Waals surface area (Å²) in [6, 6.07) is 4.54. The SMILES string of the molecule is CN(C)CCN(C)C(=O)Oc1ccc2nc(C3=NC(C(=O)O)CS3)sc2c1. The maximum Gasteiger partial charge on any atom is 0.415 e. The summed E-state index contributed by atoms with van der Waals surface area (Å²) in [5.41, 5.74) is 0.762. The molecule has 1 aliphatic heterocycles. The molecule has 1 aromatic heterocycles. The number of amides is 1. The monoisotopic (exact) mass is 408 g/mol. The first-order chi connectivity index (χ1) is 12.8. The third kappa shape index (κ3) is 4.76. The third-order valence-electron chi connectivity index (χ3n) is 3.88. The molecule has 1 aliphatic rings. The van der Waals surface area contributed by atoms with Crippen molar-refractivity contribution < 1.29 is 19.4 Å². The van der Waals surface area contributed by atoms with E-state index >= 15 is 0 Å². The first-order valence-electron chi connectivity index (χ1n) is 8.25. The fraction of sp³-hybridized carbons (Fsp3) is 0.412. The molecular formula is C17H20N4O4S2. The summed E-state index contributed by atoms with van der Waals surface area (Å²) >= 11 is 2.80. The Hall–Kier alpha value is -2.17. The lowest BCUT2D eigenvalue weighted by molar-refractivity contribution is -0.137. The molecule has 0 aliphatic carbocycles. The van der Waals surface area contributed by atoms with Crippen LogP contribution < -0.4 is 4.74 Å². The van der Waals surface area contributed by atoms with E-state index in [0.29, 0.717) is 28.1 Å². The van der Waals surface area contributed by atoms with Crippen molar-refractivity contribution in [2.24, 2.45) is 4.99 Å². The Morgan fingerprint density at radius 2 is 2.07 bits per heavy atom. The van der Waals surface area contributed by atoms with Crippen LogP contribution in [0, 0.1) is 0 Å². The molecule has 0 saturated carbocycles. The van der Waals surface area contributed by atoms with Crippen molar-refractivity contribution in [1.82, 2.24) is 14.8 Å². The molecule has 1 atom stereocenters. The first kappa shape index (κ1) is 19.6. The summed E-state index contributed by atoms with van der Waals surface area (Å²) in [5.74, 6) is -0.0574. The van der Waals surface area contributed by atoms with Crippen molar-refractivity contribution in [3.05, 3.63) is 23.2 Å². The molecule has 1 unspecified atom stereocenters. The molecular weight excluding hydrogens is 388 g/mol. The molecule has 2 aromatic rings. The van der Waals surface area contributed by atoms with Gasteiger partial charge >= 0.3 is 12.1 Å². The maximum absolute atomic E-state index is 12.2. The van der Waals surface area contributed by atoms with E-state index in [-0.39, 0.29) is 0 Å². The van der Waals surface area contributed by atoms with Crippen molar-refractivity contribution in [1.29, 1.82) is 0 Å². The van der Waals surface area contributed by atoms with Gasteiger partial charge in [0.15, 0.2) is 6.04 Å². The number of carboxylic acids is 1. The Balaban J connectivity index is 1.72. The summed E-state index contributed by atoms with van der Waals surface area (Å²) in [6.45, 7) is 1.32. The number of aliphatic imine (C=N–C) groups is 1. The van der Waals surface area contributed by atoms with Crippen LogP contribution in [0.3, 0.4) is 0 Å². The van der Waals surface area contributed by atoms with Gasteiger partial charge in [0, 0.05) is 32.0 Å². The minimum atomic E-state index is -0.925. The molecule has 2 heterocycles. The minimum absolute atomic E-state index is 0.416. The summed E-state index contributed by atoms with van der Waals surface area (Å²) < 4.78 is 6.29. The van der Waals surface area contributed by atoms with Gasteiger partial charge in [-0.3, -0.25) is 4.99 Å². The second-order valence-corrected chi connectivity index (χ2v) is 8.38. The van der Waals surface area contributed by atoms with Crippen molar-refractivity contribution in [2.75, 3.05) is 40.0 Å². The number of carbonyl (C=O) groups excluding carboxylic acids is 1. The van der Waals surface area contributed by atoms with Crippen LogP contribution in [0.15, 0.2) is 23.2 Å². The zero-order valence-electron chi connectivity index (χ0n) is 15.2. The molecule has 144 valence electrons. The average molecular weight is 409 g/mol. The van der Waals surface area contributed by atoms with Gasteiger partial charge in [-0.15, -0.1) is 23.1 Å². The van der Waals surface area contributed by atoms with Gasteiger partial charge in [-0.1, -0.05) is 0 Å². The van der Waals surface area contributed by atoms with Gasteiger partial charge in [0.25, 0.3) is 0 Å². The summed E-state index contributed by atoms with van der Waals surface area (Å²) in [4.78, 5) is 35.5. The van der Waals surface area contributed by atoms with E-state index in [1.54, 1.807) is 25.2 Å². The highest BCUT2D eigenvalue weighted by Gasteiger charge is 2.27. The molecule has 0 spiro atoms. The number of hydrogen-bond donors (Lipinski definition) is 1. The Morgan fingerprint density at radius 1 is 1.30 bits per heavy atom. The smallest absolute Gasteiger partial charge is 0.415 e. The van der Waals surface area contributed by atoms with E-state index in [1.807, 2.05) is 19.0 Å². The van der Waals surface area contributed by atoms with Crippen LogP contribution in [0.4, 0.5) is 4.79 Å². The van der Waals surface area contributed by atoms with Crippen molar-refractivity contribution in [2.45, 2.75) is 6.04 Å². The number of ether oxygens (including phenoxy) is 1. The minimum Gasteiger partial charge on any atom is -0.480 e. The second-order valence-electron chi connectivity index (χ2n) is 6.34. The van der Waals surface area contributed by atoms with Gasteiger partial charge in [0.05, 0.1) is 10.2 Å². The highest BCUT2D eigenvalue weighted by molar-refractivity contribution is 8.15. The maximum atomic E-state index is 12.2. The van der Waals surface area contributed by atoms with Crippen LogP contribution in [-0.2, 0) is 4.79 Å². The molecule has 1 amide bonds. The number of thioether (sulfide) groups is 1. The van der Waals surface area contributed by atoms with Crippen molar-refractivity contribution in [3.63, 3.8) is 0 Å². The van der Waals surface area contributed by atoms with Crippen LogP contribution >= 0.6 is 23.1 Å². The molecule has 3 rings (SSSR count). The van der Waals surface area contributed by atoms with Gasteiger partial charge in [0.2, 0.25) is 0 Å². The number of hydrogen-bond acceptors (Lipinski definition) is 8. The first-order valence-corrected chi connectivity index (χ1v) is 10.1. The zero-order valence-corrected chi connectivity index (χ0v) is 16.8. The van der Waals surface area contributed by atoms with Gasteiger partial charge in [-0.05, 0) is 26.2 Å². The average Bonchev–Trinajstić information content (AvgIpc) is 3.25. The molecule has 0 bridgehead atoms. The zero-order chi connectivity index (χ0) is 19.6. The van der Waals surface area contributed by atoms with Gasteiger partial charge in [0.1, 0.15) is 15.8 Å². The van der Waals surface area contributed by atoms with E-state index in [9.17, 15) is 9.59 Å². The number of rotatable bonds is 6. The van der Waals surface area contributed by atoms with Crippen molar-refractivity contribution >= 4 is 50.4 Å². The molecule has 0 fully saturated rings. The number of aliphatic carboxylic acids is 1. The van der Waals surface area contributed by atoms with Crippen molar-refractivity contribution in [3.8, 4) is 5.75 Å². The summed E-state index contributed by atoms with van der Waals surface area (Å²) in [7, 11) is 5.59. The number of thiazole rings is 1. The van der Waals surface area contributed by atoms with Crippen LogP contribution in [-0.4, -0.2) is 83.0 Å². The Labute approximate surface area is 164 Å². The number of fused-ring (bicyclic) bond motifs is 1. The standard InChI is InChI=1S/C17H20N4O4S2/c1-20(2)6-7-21(3)17(24)25-10-4-5-11-13(8-10)27-15(18-11)14-19-12(9-26-14)16(22)23/h4-5,8,12H,6-7,9H2,1-3H3,(H,22,23).